The van der Waals surface area contributed by atoms with Crippen LogP contribution in [0.1, 0.15) is 19.4 Å². The molecule has 0 aliphatic heterocycles. The largest absolute Gasteiger partial charge is 0.325 e. The van der Waals surface area contributed by atoms with E-state index in [1.54, 1.807) is 0 Å². The quantitative estimate of drug-likeness (QED) is 0.869. The minimum atomic E-state index is -0.229. The van der Waals surface area contributed by atoms with Gasteiger partial charge in [-0.25, -0.2) is 0 Å². The summed E-state index contributed by atoms with van der Waals surface area (Å²) in [5.74, 6) is 0. The van der Waals surface area contributed by atoms with Gasteiger partial charge in [-0.15, -0.1) is 0 Å². The van der Waals surface area contributed by atoms with E-state index in [0.717, 1.165) is 21.5 Å². The van der Waals surface area contributed by atoms with E-state index in [2.05, 4.69) is 15.9 Å². The Kier molecular flexibility index (Phi) is 3.38. The van der Waals surface area contributed by atoms with Gasteiger partial charge in [0.05, 0.1) is 0 Å². The highest BCUT2D eigenvalue weighted by Crippen LogP contribution is 2.27. The van der Waals surface area contributed by atoms with Crippen molar-refractivity contribution >= 4 is 27.5 Å². The van der Waals surface area contributed by atoms with Gasteiger partial charge in [0.15, 0.2) is 0 Å². The molecule has 0 fully saturated rings. The lowest BCUT2D eigenvalue weighted by Gasteiger charge is -2.20. The van der Waals surface area contributed by atoms with Crippen molar-refractivity contribution < 1.29 is 0 Å². The maximum Gasteiger partial charge on any atom is 0.0449 e. The summed E-state index contributed by atoms with van der Waals surface area (Å²) < 4.78 is 1.03. The zero-order valence-corrected chi connectivity index (χ0v) is 10.1. The summed E-state index contributed by atoms with van der Waals surface area (Å²) in [7, 11) is 0. The highest BCUT2D eigenvalue weighted by molar-refractivity contribution is 9.10. The number of hydrogen-bond acceptors (Lipinski definition) is 1. The SMILES string of the molecule is CC(C)(N)Cc1c(Cl)cccc1Br. The Bertz CT molecular complexity index is 284. The molecule has 1 nitrogen and oxygen atoms in total. The van der Waals surface area contributed by atoms with Gasteiger partial charge in [-0.2, -0.15) is 0 Å². The second-order valence-electron chi connectivity index (χ2n) is 3.87. The van der Waals surface area contributed by atoms with E-state index < -0.39 is 0 Å². The van der Waals surface area contributed by atoms with Gasteiger partial charge in [-0.05, 0) is 38.0 Å². The minimum Gasteiger partial charge on any atom is -0.325 e. The molecule has 0 heterocycles. The normalized spacial score (nSPS) is 11.8. The second-order valence-corrected chi connectivity index (χ2v) is 5.13. The van der Waals surface area contributed by atoms with Gasteiger partial charge in [0.1, 0.15) is 0 Å². The Morgan fingerprint density at radius 2 is 2.08 bits per heavy atom. The van der Waals surface area contributed by atoms with Gasteiger partial charge in [-0.3, -0.25) is 0 Å². The van der Waals surface area contributed by atoms with Crippen LogP contribution in [0, 0.1) is 0 Å². The number of halogens is 2. The molecular weight excluding hydrogens is 249 g/mol. The third kappa shape index (κ3) is 3.29. The molecule has 0 radical (unpaired) electrons. The molecule has 0 bridgehead atoms. The van der Waals surface area contributed by atoms with E-state index in [-0.39, 0.29) is 5.54 Å². The third-order valence-electron chi connectivity index (χ3n) is 1.69. The molecule has 0 spiro atoms. The summed E-state index contributed by atoms with van der Waals surface area (Å²) >= 11 is 9.51. The van der Waals surface area contributed by atoms with E-state index in [9.17, 15) is 0 Å². The predicted molar refractivity (Wildman–Crippen MR) is 61.1 cm³/mol. The van der Waals surface area contributed by atoms with Gasteiger partial charge >= 0.3 is 0 Å². The Morgan fingerprint density at radius 3 is 2.54 bits per heavy atom. The zero-order valence-electron chi connectivity index (χ0n) is 7.77. The van der Waals surface area contributed by atoms with Crippen molar-refractivity contribution in [1.29, 1.82) is 0 Å². The van der Waals surface area contributed by atoms with E-state index >= 15 is 0 Å². The molecule has 13 heavy (non-hydrogen) atoms. The summed E-state index contributed by atoms with van der Waals surface area (Å²) in [6.07, 6.45) is 0.771. The van der Waals surface area contributed by atoms with E-state index in [1.807, 2.05) is 32.0 Å². The van der Waals surface area contributed by atoms with Gasteiger partial charge in [0.2, 0.25) is 0 Å². The van der Waals surface area contributed by atoms with Gasteiger partial charge in [-0.1, -0.05) is 33.6 Å². The summed E-state index contributed by atoms with van der Waals surface area (Å²) in [5, 5.41) is 0.771. The number of nitrogens with two attached hydrogens (primary N) is 1. The van der Waals surface area contributed by atoms with Crippen molar-refractivity contribution in [3.8, 4) is 0 Å². The first-order valence-corrected chi connectivity index (χ1v) is 5.29. The maximum absolute atomic E-state index is 6.05. The molecule has 1 aromatic carbocycles. The summed E-state index contributed by atoms with van der Waals surface area (Å²) in [5.41, 5.74) is 6.78. The van der Waals surface area contributed by atoms with Crippen LogP contribution in [0.5, 0.6) is 0 Å². The molecule has 0 saturated carbocycles. The van der Waals surface area contributed by atoms with Crippen LogP contribution < -0.4 is 5.73 Å². The monoisotopic (exact) mass is 261 g/mol. The number of benzene rings is 1. The Balaban J connectivity index is 3.00. The molecule has 0 amide bonds. The van der Waals surface area contributed by atoms with Crippen molar-refractivity contribution in [1.82, 2.24) is 0 Å². The Morgan fingerprint density at radius 1 is 1.46 bits per heavy atom. The third-order valence-corrected chi connectivity index (χ3v) is 2.79. The Labute approximate surface area is 92.4 Å². The standard InChI is InChI=1S/C10H13BrClN/c1-10(2,13)6-7-8(11)4-3-5-9(7)12/h3-5H,6,13H2,1-2H3. The molecule has 2 N–H and O–H groups in total. The number of rotatable bonds is 2. The fraction of sp³-hybridized carbons (Fsp3) is 0.400. The first-order valence-electron chi connectivity index (χ1n) is 4.12. The molecule has 1 rings (SSSR count). The van der Waals surface area contributed by atoms with Crippen molar-refractivity contribution in [3.63, 3.8) is 0 Å². The van der Waals surface area contributed by atoms with Crippen molar-refractivity contribution in [2.45, 2.75) is 25.8 Å². The van der Waals surface area contributed by atoms with Gasteiger partial charge < -0.3 is 5.73 Å². The van der Waals surface area contributed by atoms with E-state index in [1.165, 1.54) is 0 Å². The smallest absolute Gasteiger partial charge is 0.0449 e. The van der Waals surface area contributed by atoms with Crippen LogP contribution in [-0.2, 0) is 6.42 Å². The fourth-order valence-corrected chi connectivity index (χ4v) is 2.02. The highest BCUT2D eigenvalue weighted by Gasteiger charge is 2.15. The predicted octanol–water partition coefficient (Wildman–Crippen LogP) is 3.38. The second kappa shape index (κ2) is 3.99. The lowest BCUT2D eigenvalue weighted by molar-refractivity contribution is 0.516. The molecule has 1 aromatic rings. The fourth-order valence-electron chi connectivity index (χ4n) is 1.16. The lowest BCUT2D eigenvalue weighted by Crippen LogP contribution is -2.34. The molecule has 0 unspecified atom stereocenters. The highest BCUT2D eigenvalue weighted by atomic mass is 79.9. The molecule has 72 valence electrons. The van der Waals surface area contributed by atoms with Gasteiger partial charge in [0, 0.05) is 15.0 Å². The van der Waals surface area contributed by atoms with Crippen molar-refractivity contribution in [2.24, 2.45) is 5.73 Å². The first kappa shape index (κ1) is 11.0. The zero-order chi connectivity index (χ0) is 10.1. The average Bonchev–Trinajstić information content (AvgIpc) is 1.95. The maximum atomic E-state index is 6.05. The van der Waals surface area contributed by atoms with Crippen LogP contribution in [0.25, 0.3) is 0 Å². The molecule has 3 heteroatoms. The lowest BCUT2D eigenvalue weighted by atomic mass is 9.96. The van der Waals surface area contributed by atoms with Crippen LogP contribution in [0.2, 0.25) is 5.02 Å². The van der Waals surface area contributed by atoms with Crippen LogP contribution in [0.3, 0.4) is 0 Å². The molecule has 0 aliphatic carbocycles. The topological polar surface area (TPSA) is 26.0 Å². The van der Waals surface area contributed by atoms with Crippen molar-refractivity contribution in [2.75, 3.05) is 0 Å². The van der Waals surface area contributed by atoms with Crippen molar-refractivity contribution in [3.05, 3.63) is 33.3 Å². The van der Waals surface area contributed by atoms with E-state index in [4.69, 9.17) is 17.3 Å². The van der Waals surface area contributed by atoms with Crippen LogP contribution in [-0.4, -0.2) is 5.54 Å². The first-order chi connectivity index (χ1) is 5.90. The summed E-state index contributed by atoms with van der Waals surface area (Å²) in [4.78, 5) is 0. The average molecular weight is 263 g/mol. The summed E-state index contributed by atoms with van der Waals surface area (Å²) in [6.45, 7) is 3.98. The van der Waals surface area contributed by atoms with Crippen LogP contribution in [0.4, 0.5) is 0 Å². The summed E-state index contributed by atoms with van der Waals surface area (Å²) in [6, 6.07) is 5.78. The minimum absolute atomic E-state index is 0.229. The molecule has 0 atom stereocenters. The van der Waals surface area contributed by atoms with Gasteiger partial charge in [0.25, 0.3) is 0 Å². The Hall–Kier alpha value is -0.0500. The van der Waals surface area contributed by atoms with Crippen LogP contribution >= 0.6 is 27.5 Å². The number of hydrogen-bond donors (Lipinski definition) is 1. The van der Waals surface area contributed by atoms with E-state index in [0.29, 0.717) is 0 Å². The molecule has 0 aromatic heterocycles. The molecular formula is C10H13BrClN. The molecule has 0 saturated heterocycles. The molecule has 0 aliphatic rings. The van der Waals surface area contributed by atoms with Crippen LogP contribution in [0.15, 0.2) is 22.7 Å².